The van der Waals surface area contributed by atoms with Gasteiger partial charge in [-0.05, 0) is 5.56 Å². The van der Waals surface area contributed by atoms with Crippen LogP contribution in [0, 0.1) is 20.2 Å². The Hall–Kier alpha value is -2.76. The first-order valence-electron chi connectivity index (χ1n) is 6.45. The van der Waals surface area contributed by atoms with Crippen LogP contribution in [0.2, 0.25) is 0 Å². The van der Waals surface area contributed by atoms with Gasteiger partial charge in [0, 0.05) is 15.4 Å². The second-order valence-electron chi connectivity index (χ2n) is 4.67. The first-order chi connectivity index (χ1) is 10.1. The molecule has 21 heavy (non-hydrogen) atoms. The Kier molecular flexibility index (Phi) is 4.61. The van der Waals surface area contributed by atoms with Crippen molar-refractivity contribution in [3.05, 3.63) is 92.0 Å². The van der Waals surface area contributed by atoms with Crippen LogP contribution in [0.25, 0.3) is 0 Å². The third-order valence-electron chi connectivity index (χ3n) is 3.32. The van der Waals surface area contributed by atoms with Gasteiger partial charge in [0.25, 0.3) is 6.04 Å². The van der Waals surface area contributed by atoms with Crippen LogP contribution in [0.4, 0.5) is 0 Å². The highest BCUT2D eigenvalue weighted by atomic mass is 16.6. The molecule has 6 heteroatoms. The molecule has 0 aliphatic heterocycles. The maximum absolute atomic E-state index is 11.5. The predicted molar refractivity (Wildman–Crippen MR) is 77.2 cm³/mol. The molecule has 2 unspecified atom stereocenters. The summed E-state index contributed by atoms with van der Waals surface area (Å²) in [6.45, 7) is -0.482. The fourth-order valence-corrected chi connectivity index (χ4v) is 2.40. The largest absolute Gasteiger partial charge is 0.265 e. The quantitative estimate of drug-likeness (QED) is 0.603. The Morgan fingerprint density at radius 1 is 0.810 bits per heavy atom. The van der Waals surface area contributed by atoms with Crippen molar-refractivity contribution in [2.24, 2.45) is 0 Å². The molecule has 0 N–H and O–H groups in total. The van der Waals surface area contributed by atoms with Crippen LogP contribution >= 0.6 is 0 Å². The van der Waals surface area contributed by atoms with Gasteiger partial charge in [0.05, 0.1) is 0 Å². The molecule has 2 atom stereocenters. The van der Waals surface area contributed by atoms with Gasteiger partial charge < -0.3 is 0 Å². The minimum Gasteiger partial charge on any atom is -0.265 e. The number of nitro groups is 2. The molecule has 0 aliphatic rings. The van der Waals surface area contributed by atoms with Crippen molar-refractivity contribution >= 4 is 0 Å². The topological polar surface area (TPSA) is 86.3 Å². The summed E-state index contributed by atoms with van der Waals surface area (Å²) in [6, 6.07) is 15.9. The Morgan fingerprint density at radius 3 is 1.71 bits per heavy atom. The number of hydrogen-bond donors (Lipinski definition) is 0. The maximum atomic E-state index is 11.5. The highest BCUT2D eigenvalue weighted by molar-refractivity contribution is 5.26. The summed E-state index contributed by atoms with van der Waals surface area (Å²) in [7, 11) is 0. The molecule has 0 fully saturated rings. The predicted octanol–water partition coefficient (Wildman–Crippen LogP) is 3.06. The molecule has 0 aromatic heterocycles. The number of benzene rings is 2. The van der Waals surface area contributed by atoms with Crippen molar-refractivity contribution in [3.63, 3.8) is 0 Å². The third kappa shape index (κ3) is 3.62. The van der Waals surface area contributed by atoms with E-state index in [-0.39, 0.29) is 0 Å². The number of rotatable bonds is 6. The molecule has 0 saturated carbocycles. The lowest BCUT2D eigenvalue weighted by molar-refractivity contribution is -0.552. The lowest BCUT2D eigenvalue weighted by atomic mass is 9.87. The van der Waals surface area contributed by atoms with Gasteiger partial charge in [-0.25, -0.2) is 0 Å². The van der Waals surface area contributed by atoms with Crippen molar-refractivity contribution in [1.29, 1.82) is 0 Å². The van der Waals surface area contributed by atoms with Crippen LogP contribution in [0.15, 0.2) is 60.7 Å². The first-order valence-corrected chi connectivity index (χ1v) is 6.45. The van der Waals surface area contributed by atoms with E-state index in [1.807, 2.05) is 0 Å². The summed E-state index contributed by atoms with van der Waals surface area (Å²) in [4.78, 5) is 21.5. The summed E-state index contributed by atoms with van der Waals surface area (Å²) in [5, 5.41) is 22.4. The van der Waals surface area contributed by atoms with Gasteiger partial charge in [-0.1, -0.05) is 60.7 Å². The highest BCUT2D eigenvalue weighted by Crippen LogP contribution is 2.33. The van der Waals surface area contributed by atoms with Gasteiger partial charge in [0.15, 0.2) is 0 Å². The Labute approximate surface area is 121 Å². The SMILES string of the molecule is O=[N+]([O-])CC(c1ccccc1)C(c1ccccc1)[N+](=O)[O-]. The number of hydrogen-bond acceptors (Lipinski definition) is 4. The second kappa shape index (κ2) is 6.60. The first kappa shape index (κ1) is 14.6. The fourth-order valence-electron chi connectivity index (χ4n) is 2.40. The van der Waals surface area contributed by atoms with Crippen molar-refractivity contribution in [2.45, 2.75) is 12.0 Å². The third-order valence-corrected chi connectivity index (χ3v) is 3.32. The summed E-state index contributed by atoms with van der Waals surface area (Å²) < 4.78 is 0. The van der Waals surface area contributed by atoms with Crippen LogP contribution < -0.4 is 0 Å². The van der Waals surface area contributed by atoms with E-state index in [4.69, 9.17) is 0 Å². The molecule has 6 nitrogen and oxygen atoms in total. The Bertz CT molecular complexity index is 616. The van der Waals surface area contributed by atoms with Crippen LogP contribution in [0.5, 0.6) is 0 Å². The van der Waals surface area contributed by atoms with Crippen LogP contribution in [0.1, 0.15) is 23.1 Å². The van der Waals surface area contributed by atoms with Crippen molar-refractivity contribution in [1.82, 2.24) is 0 Å². The van der Waals surface area contributed by atoms with Crippen molar-refractivity contribution in [2.75, 3.05) is 6.54 Å². The van der Waals surface area contributed by atoms with Gasteiger partial charge >= 0.3 is 0 Å². The minimum atomic E-state index is -1.14. The highest BCUT2D eigenvalue weighted by Gasteiger charge is 2.37. The summed E-state index contributed by atoms with van der Waals surface area (Å²) in [5.74, 6) is -0.807. The molecule has 2 rings (SSSR count). The summed E-state index contributed by atoms with van der Waals surface area (Å²) in [5.41, 5.74) is 1.07. The van der Waals surface area contributed by atoms with Gasteiger partial charge in [-0.3, -0.25) is 20.2 Å². The van der Waals surface area contributed by atoms with E-state index in [1.54, 1.807) is 60.7 Å². The molecule has 0 spiro atoms. The van der Waals surface area contributed by atoms with E-state index < -0.39 is 28.4 Å². The summed E-state index contributed by atoms with van der Waals surface area (Å²) in [6.07, 6.45) is 0. The molecule has 0 heterocycles. The molecular formula is C15H14N2O4. The molecule has 0 bridgehead atoms. The standard InChI is InChI=1S/C15H14N2O4/c18-16(19)11-14(12-7-3-1-4-8-12)15(17(20)21)13-9-5-2-6-10-13/h1-10,14-15H,11H2. The number of nitrogens with zero attached hydrogens (tertiary/aromatic N) is 2. The van der Waals surface area contributed by atoms with E-state index >= 15 is 0 Å². The van der Waals surface area contributed by atoms with Crippen LogP contribution in [-0.4, -0.2) is 16.4 Å². The Balaban J connectivity index is 2.46. The van der Waals surface area contributed by atoms with Gasteiger partial charge in [-0.2, -0.15) is 0 Å². The van der Waals surface area contributed by atoms with Gasteiger partial charge in [-0.15, -0.1) is 0 Å². The zero-order valence-corrected chi connectivity index (χ0v) is 11.2. The van der Waals surface area contributed by atoms with Gasteiger partial charge in [0.1, 0.15) is 5.92 Å². The van der Waals surface area contributed by atoms with E-state index in [0.29, 0.717) is 11.1 Å². The average Bonchev–Trinajstić information content (AvgIpc) is 2.48. The van der Waals surface area contributed by atoms with Crippen molar-refractivity contribution < 1.29 is 9.85 Å². The van der Waals surface area contributed by atoms with Gasteiger partial charge in [0.2, 0.25) is 6.54 Å². The second-order valence-corrected chi connectivity index (χ2v) is 4.67. The normalized spacial score (nSPS) is 13.3. The Morgan fingerprint density at radius 2 is 1.29 bits per heavy atom. The fraction of sp³-hybridized carbons (Fsp3) is 0.200. The lowest BCUT2D eigenvalue weighted by Crippen LogP contribution is -2.25. The smallest absolute Gasteiger partial charge is 0.251 e. The molecule has 0 amide bonds. The van der Waals surface area contributed by atoms with E-state index in [0.717, 1.165) is 0 Å². The molecule has 2 aromatic rings. The summed E-state index contributed by atoms with van der Waals surface area (Å²) >= 11 is 0. The molecule has 0 aliphatic carbocycles. The van der Waals surface area contributed by atoms with E-state index in [1.165, 1.54) is 0 Å². The molecular weight excluding hydrogens is 272 g/mol. The molecule has 0 saturated heterocycles. The van der Waals surface area contributed by atoms with Crippen molar-refractivity contribution in [3.8, 4) is 0 Å². The zero-order valence-electron chi connectivity index (χ0n) is 11.2. The zero-order chi connectivity index (χ0) is 15.2. The van der Waals surface area contributed by atoms with E-state index in [9.17, 15) is 20.2 Å². The lowest BCUT2D eigenvalue weighted by Gasteiger charge is -2.18. The molecule has 108 valence electrons. The molecule has 0 radical (unpaired) electrons. The minimum absolute atomic E-state index is 0.448. The monoisotopic (exact) mass is 286 g/mol. The average molecular weight is 286 g/mol. The van der Waals surface area contributed by atoms with Crippen LogP contribution in [0.3, 0.4) is 0 Å². The van der Waals surface area contributed by atoms with E-state index in [2.05, 4.69) is 0 Å². The van der Waals surface area contributed by atoms with Crippen LogP contribution in [-0.2, 0) is 0 Å². The maximum Gasteiger partial charge on any atom is 0.251 e. The molecule has 2 aromatic carbocycles.